The van der Waals surface area contributed by atoms with Crippen LogP contribution in [0.25, 0.3) is 0 Å². The molecule has 0 saturated heterocycles. The molecule has 0 aliphatic carbocycles. The van der Waals surface area contributed by atoms with Crippen LogP contribution in [0, 0.1) is 11.8 Å². The molecule has 4 heteroatoms. The monoisotopic (exact) mass is 273 g/mol. The van der Waals surface area contributed by atoms with Crippen LogP contribution in [0.3, 0.4) is 0 Å². The molecule has 1 aromatic rings. The van der Waals surface area contributed by atoms with Gasteiger partial charge in [-0.1, -0.05) is 37.3 Å². The van der Waals surface area contributed by atoms with Crippen molar-refractivity contribution in [1.29, 1.82) is 0 Å². The third kappa shape index (κ3) is 5.77. The van der Waals surface area contributed by atoms with Crippen molar-refractivity contribution in [3.8, 4) is 11.8 Å². The Labute approximate surface area is 121 Å². The van der Waals surface area contributed by atoms with Gasteiger partial charge >= 0.3 is 6.03 Å². The van der Waals surface area contributed by atoms with Gasteiger partial charge in [-0.2, -0.15) is 0 Å². The maximum Gasteiger partial charge on any atom is 0.317 e. The molecule has 20 heavy (non-hydrogen) atoms. The molecule has 108 valence electrons. The number of carbonyl (C=O) groups excluding carboxylic acids is 1. The van der Waals surface area contributed by atoms with Crippen LogP contribution in [0.2, 0.25) is 0 Å². The highest BCUT2D eigenvalue weighted by molar-refractivity contribution is 5.73. The van der Waals surface area contributed by atoms with E-state index in [1.165, 1.54) is 0 Å². The molecule has 3 N–H and O–H groups in total. The standard InChI is InChI=1S/C16H23N3O/c1-3-4-11-18-16(20)19(2)13-15-8-5-7-14(12-15)9-6-10-17/h5,7-8,12H,3-4,10-11,13,17H2,1-2H3,(H,18,20). The highest BCUT2D eigenvalue weighted by Crippen LogP contribution is 2.07. The van der Waals surface area contributed by atoms with Gasteiger partial charge in [0, 0.05) is 25.7 Å². The molecule has 0 bridgehead atoms. The van der Waals surface area contributed by atoms with E-state index >= 15 is 0 Å². The van der Waals surface area contributed by atoms with Crippen molar-refractivity contribution in [3.05, 3.63) is 35.4 Å². The molecule has 4 nitrogen and oxygen atoms in total. The van der Waals surface area contributed by atoms with E-state index in [9.17, 15) is 4.79 Å². The molecular formula is C16H23N3O. The number of benzene rings is 1. The first kappa shape index (κ1) is 16.1. The number of nitrogens with one attached hydrogen (secondary N) is 1. The van der Waals surface area contributed by atoms with E-state index in [-0.39, 0.29) is 6.03 Å². The smallest absolute Gasteiger partial charge is 0.317 e. The number of nitrogens with two attached hydrogens (primary N) is 1. The topological polar surface area (TPSA) is 58.4 Å². The van der Waals surface area contributed by atoms with Gasteiger partial charge in [0.2, 0.25) is 0 Å². The van der Waals surface area contributed by atoms with E-state index in [1.54, 1.807) is 11.9 Å². The zero-order valence-electron chi connectivity index (χ0n) is 12.3. The zero-order valence-corrected chi connectivity index (χ0v) is 12.3. The first-order valence-electron chi connectivity index (χ1n) is 6.94. The summed E-state index contributed by atoms with van der Waals surface area (Å²) in [7, 11) is 1.79. The Bertz CT molecular complexity index is 488. The first-order chi connectivity index (χ1) is 9.67. The summed E-state index contributed by atoms with van der Waals surface area (Å²) in [6, 6.07) is 7.81. The number of carbonyl (C=O) groups is 1. The quantitative estimate of drug-likeness (QED) is 0.636. The van der Waals surface area contributed by atoms with Crippen LogP contribution < -0.4 is 11.1 Å². The molecule has 0 heterocycles. The first-order valence-corrected chi connectivity index (χ1v) is 6.94. The van der Waals surface area contributed by atoms with Gasteiger partial charge in [-0.15, -0.1) is 0 Å². The van der Waals surface area contributed by atoms with Crippen LogP contribution in [0.5, 0.6) is 0 Å². The van der Waals surface area contributed by atoms with Gasteiger partial charge in [0.25, 0.3) is 0 Å². The summed E-state index contributed by atoms with van der Waals surface area (Å²) >= 11 is 0. The summed E-state index contributed by atoms with van der Waals surface area (Å²) in [5.74, 6) is 5.82. The second-order valence-corrected chi connectivity index (χ2v) is 4.65. The van der Waals surface area contributed by atoms with E-state index in [0.29, 0.717) is 13.1 Å². The van der Waals surface area contributed by atoms with Crippen molar-refractivity contribution in [2.75, 3.05) is 20.1 Å². The van der Waals surface area contributed by atoms with Crippen LogP contribution in [0.1, 0.15) is 30.9 Å². The van der Waals surface area contributed by atoms with Crippen LogP contribution in [-0.4, -0.2) is 31.1 Å². The fourth-order valence-electron chi connectivity index (χ4n) is 1.75. The van der Waals surface area contributed by atoms with Gasteiger partial charge in [0.15, 0.2) is 0 Å². The van der Waals surface area contributed by atoms with Crippen LogP contribution in [0.15, 0.2) is 24.3 Å². The highest BCUT2D eigenvalue weighted by atomic mass is 16.2. The summed E-state index contributed by atoms with van der Waals surface area (Å²) in [6.45, 7) is 3.74. The van der Waals surface area contributed by atoms with Crippen LogP contribution in [0.4, 0.5) is 4.79 Å². The maximum atomic E-state index is 11.8. The van der Waals surface area contributed by atoms with Crippen molar-refractivity contribution in [1.82, 2.24) is 10.2 Å². The number of hydrogen-bond acceptors (Lipinski definition) is 2. The molecule has 1 aromatic carbocycles. The number of urea groups is 1. The molecule has 0 saturated carbocycles. The second-order valence-electron chi connectivity index (χ2n) is 4.65. The summed E-state index contributed by atoms with van der Waals surface area (Å²) in [5.41, 5.74) is 7.34. The minimum Gasteiger partial charge on any atom is -0.338 e. The molecule has 0 unspecified atom stereocenters. The average molecular weight is 273 g/mol. The summed E-state index contributed by atoms with van der Waals surface area (Å²) in [6.07, 6.45) is 2.08. The SMILES string of the molecule is CCCCNC(=O)N(C)Cc1cccc(C#CCN)c1. The van der Waals surface area contributed by atoms with E-state index in [1.807, 2.05) is 24.3 Å². The Morgan fingerprint density at radius 3 is 2.95 bits per heavy atom. The third-order valence-corrected chi connectivity index (χ3v) is 2.83. The van der Waals surface area contributed by atoms with Crippen LogP contribution >= 0.6 is 0 Å². The minimum atomic E-state index is -0.0445. The maximum absolute atomic E-state index is 11.8. The van der Waals surface area contributed by atoms with Crippen LogP contribution in [-0.2, 0) is 6.54 Å². The molecule has 2 amide bonds. The molecule has 0 spiro atoms. The predicted octanol–water partition coefficient (Wildman–Crippen LogP) is 1.94. The minimum absolute atomic E-state index is 0.0445. The zero-order chi connectivity index (χ0) is 14.8. The second kappa shape index (κ2) is 9.00. The van der Waals surface area contributed by atoms with Gasteiger partial charge in [0.05, 0.1) is 6.54 Å². The lowest BCUT2D eigenvalue weighted by atomic mass is 10.1. The highest BCUT2D eigenvalue weighted by Gasteiger charge is 2.08. The molecule has 0 aliphatic rings. The normalized spacial score (nSPS) is 9.55. The molecule has 0 fully saturated rings. The Balaban J connectivity index is 2.56. The summed E-state index contributed by atoms with van der Waals surface area (Å²) in [4.78, 5) is 13.5. The van der Waals surface area contributed by atoms with Crippen molar-refractivity contribution >= 4 is 6.03 Å². The fraction of sp³-hybridized carbons (Fsp3) is 0.438. The average Bonchev–Trinajstić information content (AvgIpc) is 2.45. The lowest BCUT2D eigenvalue weighted by molar-refractivity contribution is 0.207. The van der Waals surface area contributed by atoms with E-state index < -0.39 is 0 Å². The Hall–Kier alpha value is -1.99. The van der Waals surface area contributed by atoms with Crippen molar-refractivity contribution < 1.29 is 4.79 Å². The van der Waals surface area contributed by atoms with Gasteiger partial charge in [-0.05, 0) is 24.1 Å². The van der Waals surface area contributed by atoms with E-state index in [0.717, 1.165) is 30.5 Å². The summed E-state index contributed by atoms with van der Waals surface area (Å²) < 4.78 is 0. The van der Waals surface area contributed by atoms with E-state index in [2.05, 4.69) is 24.1 Å². The van der Waals surface area contributed by atoms with Gasteiger partial charge in [-0.25, -0.2) is 4.79 Å². The molecule has 0 aromatic heterocycles. The number of rotatable bonds is 5. The van der Waals surface area contributed by atoms with Gasteiger partial charge < -0.3 is 16.0 Å². The lowest BCUT2D eigenvalue weighted by Gasteiger charge is -2.18. The Morgan fingerprint density at radius 2 is 2.25 bits per heavy atom. The predicted molar refractivity (Wildman–Crippen MR) is 82.1 cm³/mol. The largest absolute Gasteiger partial charge is 0.338 e. The van der Waals surface area contributed by atoms with E-state index in [4.69, 9.17) is 5.73 Å². The fourth-order valence-corrected chi connectivity index (χ4v) is 1.75. The number of amides is 2. The van der Waals surface area contributed by atoms with Crippen molar-refractivity contribution in [2.24, 2.45) is 5.73 Å². The molecule has 0 radical (unpaired) electrons. The van der Waals surface area contributed by atoms with Crippen molar-refractivity contribution in [2.45, 2.75) is 26.3 Å². The Morgan fingerprint density at radius 1 is 1.45 bits per heavy atom. The van der Waals surface area contributed by atoms with Gasteiger partial charge in [0.1, 0.15) is 0 Å². The molecule has 0 aliphatic heterocycles. The Kier molecular flexibility index (Phi) is 7.23. The molecule has 1 rings (SSSR count). The summed E-state index contributed by atoms with van der Waals surface area (Å²) in [5, 5.41) is 2.89. The molecule has 0 atom stereocenters. The number of unbranched alkanes of at least 4 members (excludes halogenated alkanes) is 1. The van der Waals surface area contributed by atoms with Gasteiger partial charge in [-0.3, -0.25) is 0 Å². The number of nitrogens with zero attached hydrogens (tertiary/aromatic N) is 1. The lowest BCUT2D eigenvalue weighted by Crippen LogP contribution is -2.37. The third-order valence-electron chi connectivity index (χ3n) is 2.83. The van der Waals surface area contributed by atoms with Crippen molar-refractivity contribution in [3.63, 3.8) is 0 Å². The molecular weight excluding hydrogens is 250 g/mol. The number of hydrogen-bond donors (Lipinski definition) is 2.